The number of benzene rings is 1. The van der Waals surface area contributed by atoms with E-state index in [2.05, 4.69) is 21.2 Å². The molecule has 1 rings (SSSR count). The van der Waals surface area contributed by atoms with E-state index in [4.69, 9.17) is 10.2 Å². The predicted molar refractivity (Wildman–Crippen MR) is 78.0 cm³/mol. The third-order valence-corrected chi connectivity index (χ3v) is 3.59. The lowest BCUT2D eigenvalue weighted by Gasteiger charge is -2.13. The van der Waals surface area contributed by atoms with Crippen LogP contribution in [0.5, 0.6) is 0 Å². The molecule has 0 aliphatic heterocycles. The molecule has 1 aromatic rings. The fourth-order valence-electron chi connectivity index (χ4n) is 1.28. The van der Waals surface area contributed by atoms with Crippen LogP contribution in [-0.4, -0.2) is 34.1 Å². The second-order valence-corrected chi connectivity index (χ2v) is 5.66. The Hall–Kier alpha value is -1.16. The Kier molecular flexibility index (Phi) is 5.73. The largest absolute Gasteiger partial charge is 0.481 e. The summed E-state index contributed by atoms with van der Waals surface area (Å²) in [4.78, 5) is 33.3. The van der Waals surface area contributed by atoms with Gasteiger partial charge in [0.05, 0.1) is 12.0 Å². The molecule has 0 heterocycles. The van der Waals surface area contributed by atoms with E-state index in [-0.39, 0.29) is 5.56 Å². The summed E-state index contributed by atoms with van der Waals surface area (Å²) in [5, 5.41) is 19.6. The van der Waals surface area contributed by atoms with Crippen molar-refractivity contribution >= 4 is 56.4 Å². The average Bonchev–Trinajstić information content (AvgIpc) is 2.30. The standard InChI is InChI=1S/C11H9BrINO5/c12-5-1-2-7(13)6(3-5)10(17)14-8(11(18)19)4-9(15)16/h1-3,8H,4H2,(H,14,17)(H,15,16)(H,18,19)/t8-/m0/s1. The summed E-state index contributed by atoms with van der Waals surface area (Å²) < 4.78 is 1.31. The molecule has 0 saturated carbocycles. The van der Waals surface area contributed by atoms with Crippen LogP contribution in [0.1, 0.15) is 16.8 Å². The van der Waals surface area contributed by atoms with E-state index in [0.29, 0.717) is 8.04 Å². The summed E-state index contributed by atoms with van der Waals surface area (Å²) in [5.74, 6) is -3.31. The number of amides is 1. The van der Waals surface area contributed by atoms with Crippen LogP contribution >= 0.6 is 38.5 Å². The molecule has 8 heteroatoms. The molecule has 1 aromatic carbocycles. The monoisotopic (exact) mass is 441 g/mol. The molecule has 0 bridgehead atoms. The van der Waals surface area contributed by atoms with Crippen molar-refractivity contribution < 1.29 is 24.6 Å². The highest BCUT2D eigenvalue weighted by atomic mass is 127. The van der Waals surface area contributed by atoms with Crippen molar-refractivity contribution in [1.29, 1.82) is 0 Å². The lowest BCUT2D eigenvalue weighted by atomic mass is 10.1. The van der Waals surface area contributed by atoms with E-state index >= 15 is 0 Å². The van der Waals surface area contributed by atoms with Crippen molar-refractivity contribution in [2.75, 3.05) is 0 Å². The van der Waals surface area contributed by atoms with Gasteiger partial charge >= 0.3 is 11.9 Å². The average molecular weight is 442 g/mol. The van der Waals surface area contributed by atoms with Gasteiger partial charge in [-0.3, -0.25) is 9.59 Å². The predicted octanol–water partition coefficient (Wildman–Crippen LogP) is 1.71. The van der Waals surface area contributed by atoms with Crippen LogP contribution in [0.25, 0.3) is 0 Å². The molecule has 6 nitrogen and oxygen atoms in total. The number of carbonyl (C=O) groups is 3. The highest BCUT2D eigenvalue weighted by Gasteiger charge is 2.24. The van der Waals surface area contributed by atoms with Gasteiger partial charge in [0.1, 0.15) is 6.04 Å². The Morgan fingerprint density at radius 2 is 1.95 bits per heavy atom. The number of rotatable bonds is 5. The number of hydrogen-bond acceptors (Lipinski definition) is 3. The first-order valence-electron chi connectivity index (χ1n) is 5.01. The zero-order valence-electron chi connectivity index (χ0n) is 9.39. The van der Waals surface area contributed by atoms with Crippen molar-refractivity contribution in [3.63, 3.8) is 0 Å². The molecule has 1 atom stereocenters. The van der Waals surface area contributed by atoms with Crippen molar-refractivity contribution in [2.45, 2.75) is 12.5 Å². The first-order chi connectivity index (χ1) is 8.81. The van der Waals surface area contributed by atoms with Gasteiger partial charge < -0.3 is 15.5 Å². The van der Waals surface area contributed by atoms with Crippen LogP contribution in [0.3, 0.4) is 0 Å². The van der Waals surface area contributed by atoms with Gasteiger partial charge in [-0.1, -0.05) is 15.9 Å². The number of carboxylic acids is 2. The minimum Gasteiger partial charge on any atom is -0.481 e. The smallest absolute Gasteiger partial charge is 0.326 e. The first-order valence-corrected chi connectivity index (χ1v) is 6.89. The molecule has 1 amide bonds. The molecule has 0 aliphatic rings. The summed E-state index contributed by atoms with van der Waals surface area (Å²) >= 11 is 5.14. The maximum Gasteiger partial charge on any atom is 0.326 e. The number of carbonyl (C=O) groups excluding carboxylic acids is 1. The Balaban J connectivity index is 2.90. The molecular weight excluding hydrogens is 433 g/mol. The van der Waals surface area contributed by atoms with Crippen molar-refractivity contribution in [3.8, 4) is 0 Å². The van der Waals surface area contributed by atoms with Gasteiger partial charge in [0.15, 0.2) is 0 Å². The molecule has 0 spiro atoms. The van der Waals surface area contributed by atoms with Crippen molar-refractivity contribution in [2.24, 2.45) is 0 Å². The topological polar surface area (TPSA) is 104 Å². The van der Waals surface area contributed by atoms with Gasteiger partial charge in [0, 0.05) is 8.04 Å². The van der Waals surface area contributed by atoms with Gasteiger partial charge in [-0.2, -0.15) is 0 Å². The maximum atomic E-state index is 11.9. The molecule has 0 unspecified atom stereocenters. The quantitative estimate of drug-likeness (QED) is 0.603. The third kappa shape index (κ3) is 4.78. The number of hydrogen-bond donors (Lipinski definition) is 3. The normalized spacial score (nSPS) is 11.7. The molecular formula is C11H9BrINO5. The Morgan fingerprint density at radius 1 is 1.32 bits per heavy atom. The molecule has 0 radical (unpaired) electrons. The lowest BCUT2D eigenvalue weighted by Crippen LogP contribution is -2.42. The summed E-state index contributed by atoms with van der Waals surface area (Å²) in [5.41, 5.74) is 0.284. The number of halogens is 2. The van der Waals surface area contributed by atoms with Crippen LogP contribution in [0, 0.1) is 3.57 Å². The molecule has 0 aliphatic carbocycles. The van der Waals surface area contributed by atoms with E-state index in [9.17, 15) is 14.4 Å². The summed E-state index contributed by atoms with van der Waals surface area (Å²) in [6.07, 6.45) is -0.675. The fraction of sp³-hybridized carbons (Fsp3) is 0.182. The zero-order valence-corrected chi connectivity index (χ0v) is 13.1. The summed E-state index contributed by atoms with van der Waals surface area (Å²) in [6.45, 7) is 0. The minimum atomic E-state index is -1.46. The Bertz CT molecular complexity index is 534. The van der Waals surface area contributed by atoms with Gasteiger partial charge in [-0.05, 0) is 40.8 Å². The highest BCUT2D eigenvalue weighted by molar-refractivity contribution is 14.1. The van der Waals surface area contributed by atoms with Gasteiger partial charge in [0.25, 0.3) is 5.91 Å². The van der Waals surface area contributed by atoms with E-state index in [1.165, 1.54) is 6.07 Å². The maximum absolute atomic E-state index is 11.9. The fourth-order valence-corrected chi connectivity index (χ4v) is 2.22. The molecule has 0 aromatic heterocycles. The zero-order chi connectivity index (χ0) is 14.6. The van der Waals surface area contributed by atoms with Crippen molar-refractivity contribution in [3.05, 3.63) is 31.8 Å². The van der Waals surface area contributed by atoms with Gasteiger partial charge in [-0.25, -0.2) is 4.79 Å². The number of carboxylic acid groups (broad SMARTS) is 2. The highest BCUT2D eigenvalue weighted by Crippen LogP contribution is 2.18. The van der Waals surface area contributed by atoms with Crippen LogP contribution in [0.2, 0.25) is 0 Å². The minimum absolute atomic E-state index is 0.284. The van der Waals surface area contributed by atoms with Crippen molar-refractivity contribution in [1.82, 2.24) is 5.32 Å². The van der Waals surface area contributed by atoms with E-state index < -0.39 is 30.3 Å². The van der Waals surface area contributed by atoms with Gasteiger partial charge in [0.2, 0.25) is 0 Å². The SMILES string of the molecule is O=C(O)C[C@H](NC(=O)c1cc(Br)ccc1I)C(=O)O. The second-order valence-electron chi connectivity index (χ2n) is 3.59. The Labute approximate surface area is 130 Å². The first kappa shape index (κ1) is 15.9. The molecule has 0 fully saturated rings. The third-order valence-electron chi connectivity index (χ3n) is 2.16. The van der Waals surface area contributed by atoms with E-state index in [0.717, 1.165) is 0 Å². The van der Waals surface area contributed by atoms with E-state index in [1.807, 2.05) is 22.6 Å². The molecule has 102 valence electrons. The summed E-state index contributed by atoms with van der Waals surface area (Å²) in [6, 6.07) is 3.51. The van der Waals surface area contributed by atoms with Crippen LogP contribution < -0.4 is 5.32 Å². The lowest BCUT2D eigenvalue weighted by molar-refractivity contribution is -0.145. The number of aliphatic carboxylic acids is 2. The Morgan fingerprint density at radius 3 is 2.47 bits per heavy atom. The van der Waals surface area contributed by atoms with Crippen LogP contribution in [-0.2, 0) is 9.59 Å². The van der Waals surface area contributed by atoms with Crippen LogP contribution in [0.15, 0.2) is 22.7 Å². The second kappa shape index (κ2) is 6.85. The molecule has 3 N–H and O–H groups in total. The summed E-state index contributed by atoms with van der Waals surface area (Å²) in [7, 11) is 0. The number of nitrogens with one attached hydrogen (secondary N) is 1. The van der Waals surface area contributed by atoms with Gasteiger partial charge in [-0.15, -0.1) is 0 Å². The molecule has 0 saturated heterocycles. The van der Waals surface area contributed by atoms with Crippen LogP contribution in [0.4, 0.5) is 0 Å². The van der Waals surface area contributed by atoms with E-state index in [1.54, 1.807) is 12.1 Å². The molecule has 19 heavy (non-hydrogen) atoms.